The Morgan fingerprint density at radius 1 is 1.04 bits per heavy atom. The first-order valence-electron chi connectivity index (χ1n) is 7.24. The van der Waals surface area contributed by atoms with Crippen molar-refractivity contribution >= 4 is 11.7 Å². The third-order valence-electron chi connectivity index (χ3n) is 3.88. The molecular formula is C17H6F7NO3. The first-order chi connectivity index (χ1) is 13.1. The van der Waals surface area contributed by atoms with Crippen LogP contribution in [0.1, 0.15) is 0 Å². The molecule has 0 amide bonds. The largest absolute Gasteiger partial charge is 0.503 e. The number of hydrogen-bond donors (Lipinski definition) is 1. The third kappa shape index (κ3) is 2.60. The van der Waals surface area contributed by atoms with Crippen LogP contribution >= 0.6 is 0 Å². The van der Waals surface area contributed by atoms with E-state index in [2.05, 4.69) is 4.74 Å². The molecule has 1 atom stereocenters. The average Bonchev–Trinajstić information content (AvgIpc) is 2.64. The van der Waals surface area contributed by atoms with Gasteiger partial charge in [-0.3, -0.25) is 0 Å². The number of hydrogen-bond acceptors (Lipinski definition) is 4. The molecule has 2 aromatic carbocycles. The van der Waals surface area contributed by atoms with E-state index in [1.54, 1.807) is 0 Å². The van der Waals surface area contributed by atoms with Crippen LogP contribution in [-0.2, 0) is 4.79 Å². The summed E-state index contributed by atoms with van der Waals surface area (Å²) in [6, 6.07) is 0.276. The number of nitrogens with zero attached hydrogens (tertiary/aromatic N) is 1. The highest BCUT2D eigenvalue weighted by Gasteiger charge is 2.40. The highest BCUT2D eigenvalue weighted by molar-refractivity contribution is 5.89. The first-order valence-corrected chi connectivity index (χ1v) is 7.24. The Labute approximate surface area is 151 Å². The molecule has 0 radical (unpaired) electrons. The normalized spacial score (nSPS) is 15.9. The molecule has 1 unspecified atom stereocenters. The van der Waals surface area contributed by atoms with Crippen molar-refractivity contribution in [2.45, 2.75) is 6.30 Å². The van der Waals surface area contributed by atoms with Crippen LogP contribution in [0.15, 0.2) is 6.07 Å². The standard InChI is InChI=1S/C17H6F7NO3/c1-2-3-25-14-6(28-17(27)16(25)24)4-5(18)7(10(14)20)8-9(19)12(22)13(23)15(26)11(8)21/h1,4,16,26H,3H2. The van der Waals surface area contributed by atoms with Crippen molar-refractivity contribution < 1.29 is 45.4 Å². The minimum Gasteiger partial charge on any atom is -0.503 e. The van der Waals surface area contributed by atoms with Crippen molar-refractivity contribution in [1.82, 2.24) is 0 Å². The van der Waals surface area contributed by atoms with Gasteiger partial charge in [0.25, 0.3) is 6.30 Å². The molecule has 2 aromatic rings. The van der Waals surface area contributed by atoms with E-state index in [4.69, 9.17) is 6.42 Å². The smallest absolute Gasteiger partial charge is 0.367 e. The highest BCUT2D eigenvalue weighted by Crippen LogP contribution is 2.45. The lowest BCUT2D eigenvalue weighted by atomic mass is 9.99. The van der Waals surface area contributed by atoms with Gasteiger partial charge in [0.2, 0.25) is 5.82 Å². The van der Waals surface area contributed by atoms with Crippen LogP contribution in [0.4, 0.5) is 36.4 Å². The lowest BCUT2D eigenvalue weighted by molar-refractivity contribution is -0.140. The predicted molar refractivity (Wildman–Crippen MR) is 80.0 cm³/mol. The van der Waals surface area contributed by atoms with E-state index in [1.165, 1.54) is 0 Å². The maximum absolute atomic E-state index is 15.0. The molecule has 0 fully saturated rings. The second-order valence-electron chi connectivity index (χ2n) is 5.46. The second kappa shape index (κ2) is 6.63. The molecule has 1 aliphatic rings. The van der Waals surface area contributed by atoms with Gasteiger partial charge < -0.3 is 14.7 Å². The summed E-state index contributed by atoms with van der Waals surface area (Å²) in [4.78, 5) is 11.8. The van der Waals surface area contributed by atoms with Crippen LogP contribution in [0.5, 0.6) is 11.5 Å². The van der Waals surface area contributed by atoms with Gasteiger partial charge in [-0.05, 0) is 0 Å². The van der Waals surface area contributed by atoms with Crippen molar-refractivity contribution in [1.29, 1.82) is 0 Å². The summed E-state index contributed by atoms with van der Waals surface area (Å²) in [5.41, 5.74) is -4.37. The Morgan fingerprint density at radius 3 is 2.29 bits per heavy atom. The molecule has 3 rings (SSSR count). The number of halogens is 7. The number of ether oxygens (including phenoxy) is 1. The van der Waals surface area contributed by atoms with Gasteiger partial charge >= 0.3 is 5.97 Å². The fraction of sp³-hybridized carbons (Fsp3) is 0.118. The molecule has 0 aliphatic carbocycles. The Kier molecular flexibility index (Phi) is 4.58. The van der Waals surface area contributed by atoms with Crippen molar-refractivity contribution in [3.05, 3.63) is 41.0 Å². The first kappa shape index (κ1) is 19.3. The number of aromatic hydroxyl groups is 1. The summed E-state index contributed by atoms with van der Waals surface area (Å²) >= 11 is 0. The zero-order valence-electron chi connectivity index (χ0n) is 13.3. The number of esters is 1. The lowest BCUT2D eigenvalue weighted by Crippen LogP contribution is -2.45. The number of benzene rings is 2. The van der Waals surface area contributed by atoms with Gasteiger partial charge in [0.15, 0.2) is 34.8 Å². The van der Waals surface area contributed by atoms with Crippen molar-refractivity contribution in [3.63, 3.8) is 0 Å². The number of rotatable bonds is 2. The lowest BCUT2D eigenvalue weighted by Gasteiger charge is -2.32. The van der Waals surface area contributed by atoms with Crippen molar-refractivity contribution in [2.75, 3.05) is 11.4 Å². The molecule has 0 aromatic heterocycles. The monoisotopic (exact) mass is 405 g/mol. The summed E-state index contributed by atoms with van der Waals surface area (Å²) in [6.45, 7) is -0.737. The van der Waals surface area contributed by atoms with Gasteiger partial charge in [0.05, 0.1) is 17.7 Å². The molecule has 1 heterocycles. The number of phenolic OH excluding ortho intramolecular Hbond substituents is 1. The van der Waals surface area contributed by atoms with Gasteiger partial charge in [0, 0.05) is 6.07 Å². The molecule has 0 bridgehead atoms. The minimum absolute atomic E-state index is 0.276. The topological polar surface area (TPSA) is 49.8 Å². The third-order valence-corrected chi connectivity index (χ3v) is 3.88. The fourth-order valence-corrected chi connectivity index (χ4v) is 2.66. The van der Waals surface area contributed by atoms with Crippen molar-refractivity contribution in [2.24, 2.45) is 0 Å². The average molecular weight is 405 g/mol. The van der Waals surface area contributed by atoms with Gasteiger partial charge in [-0.25, -0.2) is 31.1 Å². The quantitative estimate of drug-likeness (QED) is 0.158. The van der Waals surface area contributed by atoms with E-state index in [0.29, 0.717) is 4.90 Å². The van der Waals surface area contributed by atoms with Crippen LogP contribution in [-0.4, -0.2) is 23.9 Å². The molecule has 4 nitrogen and oxygen atoms in total. The van der Waals surface area contributed by atoms with Crippen LogP contribution in [0, 0.1) is 47.2 Å². The van der Waals surface area contributed by atoms with E-state index < -0.39 is 82.0 Å². The Bertz CT molecular complexity index is 1040. The molecule has 0 saturated heterocycles. The van der Waals surface area contributed by atoms with Crippen LogP contribution in [0.25, 0.3) is 11.1 Å². The second-order valence-corrected chi connectivity index (χ2v) is 5.46. The van der Waals surface area contributed by atoms with Gasteiger partial charge in [-0.2, -0.15) is 4.39 Å². The molecule has 1 N–H and O–H groups in total. The van der Waals surface area contributed by atoms with E-state index in [1.807, 2.05) is 5.92 Å². The summed E-state index contributed by atoms with van der Waals surface area (Å²) in [5, 5.41) is 9.22. The maximum atomic E-state index is 15.0. The summed E-state index contributed by atoms with van der Waals surface area (Å²) < 4.78 is 103. The summed E-state index contributed by atoms with van der Waals surface area (Å²) in [6.07, 6.45) is 2.37. The molecule has 146 valence electrons. The minimum atomic E-state index is -2.63. The number of fused-ring (bicyclic) bond motifs is 1. The van der Waals surface area contributed by atoms with Crippen LogP contribution in [0.2, 0.25) is 0 Å². The van der Waals surface area contributed by atoms with Crippen LogP contribution in [0.3, 0.4) is 0 Å². The number of anilines is 1. The Hall–Kier alpha value is -3.42. The fourth-order valence-electron chi connectivity index (χ4n) is 2.66. The van der Waals surface area contributed by atoms with E-state index >= 15 is 0 Å². The number of carbonyl (C=O) groups excluding carboxylic acids is 1. The number of carbonyl (C=O) groups is 1. The zero-order valence-corrected chi connectivity index (χ0v) is 13.3. The van der Waals surface area contributed by atoms with Crippen LogP contribution < -0.4 is 9.64 Å². The van der Waals surface area contributed by atoms with Gasteiger partial charge in [-0.15, -0.1) is 6.42 Å². The molecule has 28 heavy (non-hydrogen) atoms. The summed E-state index contributed by atoms with van der Waals surface area (Å²) in [5.74, 6) is -15.5. The highest BCUT2D eigenvalue weighted by atomic mass is 19.2. The van der Waals surface area contributed by atoms with E-state index in [-0.39, 0.29) is 6.07 Å². The van der Waals surface area contributed by atoms with Crippen molar-refractivity contribution in [3.8, 4) is 35.0 Å². The number of terminal acetylenes is 1. The Balaban J connectivity index is 2.39. The molecular weight excluding hydrogens is 399 g/mol. The summed E-state index contributed by atoms with van der Waals surface area (Å²) in [7, 11) is 0. The molecule has 0 saturated carbocycles. The van der Waals surface area contributed by atoms with Gasteiger partial charge in [-0.1, -0.05) is 5.92 Å². The number of alkyl halides is 1. The molecule has 11 heteroatoms. The van der Waals surface area contributed by atoms with E-state index in [0.717, 1.165) is 0 Å². The number of phenols is 1. The molecule has 1 aliphatic heterocycles. The molecule has 0 spiro atoms. The zero-order chi connectivity index (χ0) is 20.9. The SMILES string of the molecule is C#CCN1c2c(cc(F)c(-c3c(F)c(O)c(F)c(F)c3F)c2F)OC(=O)C1F. The Morgan fingerprint density at radius 2 is 1.68 bits per heavy atom. The van der Waals surface area contributed by atoms with Gasteiger partial charge in [0.1, 0.15) is 11.5 Å². The predicted octanol–water partition coefficient (Wildman–Crippen LogP) is 3.55. The van der Waals surface area contributed by atoms with E-state index in [9.17, 15) is 40.6 Å². The maximum Gasteiger partial charge on any atom is 0.367 e.